The highest BCUT2D eigenvalue weighted by Gasteiger charge is 2.14. The fraction of sp³-hybridized carbons (Fsp3) is 0.235. The minimum absolute atomic E-state index is 0.396. The van der Waals surface area contributed by atoms with Crippen LogP contribution in [0.1, 0.15) is 22.7 Å². The number of benzene rings is 2. The zero-order chi connectivity index (χ0) is 14.5. The fourth-order valence-corrected chi connectivity index (χ4v) is 2.25. The Morgan fingerprint density at radius 2 is 1.90 bits per heavy atom. The van der Waals surface area contributed by atoms with Crippen molar-refractivity contribution < 1.29 is 4.74 Å². The summed E-state index contributed by atoms with van der Waals surface area (Å²) in [7, 11) is 1.62. The first kappa shape index (κ1) is 14.0. The molecule has 3 heteroatoms. The summed E-state index contributed by atoms with van der Waals surface area (Å²) >= 11 is 0. The second-order valence-electron chi connectivity index (χ2n) is 4.77. The molecule has 0 aliphatic rings. The third kappa shape index (κ3) is 2.92. The normalized spacial score (nSPS) is 11.5. The first-order valence-corrected chi connectivity index (χ1v) is 6.52. The van der Waals surface area contributed by atoms with Gasteiger partial charge in [0.05, 0.1) is 18.9 Å². The van der Waals surface area contributed by atoms with E-state index in [0.717, 1.165) is 22.6 Å². The van der Waals surface area contributed by atoms with Gasteiger partial charge in [-0.2, -0.15) is 5.26 Å². The summed E-state index contributed by atoms with van der Waals surface area (Å²) in [5.41, 5.74) is 4.12. The van der Waals surface area contributed by atoms with Crippen LogP contribution in [0.2, 0.25) is 0 Å². The van der Waals surface area contributed by atoms with Gasteiger partial charge >= 0.3 is 0 Å². The summed E-state index contributed by atoms with van der Waals surface area (Å²) in [6.07, 6.45) is 0. The van der Waals surface area contributed by atoms with Crippen LogP contribution in [0.5, 0.6) is 5.75 Å². The van der Waals surface area contributed by atoms with E-state index in [1.165, 1.54) is 5.56 Å². The Balaban J connectivity index is 2.32. The van der Waals surface area contributed by atoms with E-state index >= 15 is 0 Å². The van der Waals surface area contributed by atoms with Gasteiger partial charge in [0.25, 0.3) is 0 Å². The molecule has 2 rings (SSSR count). The smallest absolute Gasteiger partial charge is 0.141 e. The Morgan fingerprint density at radius 1 is 1.15 bits per heavy atom. The number of nitriles is 1. The van der Waals surface area contributed by atoms with Crippen molar-refractivity contribution in [2.24, 2.45) is 0 Å². The van der Waals surface area contributed by atoms with Crippen LogP contribution >= 0.6 is 0 Å². The molecule has 0 saturated carbocycles. The second-order valence-corrected chi connectivity index (χ2v) is 4.77. The quantitative estimate of drug-likeness (QED) is 0.910. The van der Waals surface area contributed by atoms with Crippen molar-refractivity contribution in [3.63, 3.8) is 0 Å². The first-order valence-electron chi connectivity index (χ1n) is 6.52. The molecule has 0 fully saturated rings. The summed E-state index contributed by atoms with van der Waals surface area (Å²) in [5.74, 6) is 0.734. The lowest BCUT2D eigenvalue weighted by Crippen LogP contribution is -2.10. The maximum atomic E-state index is 9.44. The predicted octanol–water partition coefficient (Wildman–Crippen LogP) is 3.99. The van der Waals surface area contributed by atoms with Gasteiger partial charge in [-0.05, 0) is 37.1 Å². The Kier molecular flexibility index (Phi) is 4.27. The molecule has 3 nitrogen and oxygen atoms in total. The van der Waals surface area contributed by atoms with Gasteiger partial charge in [-0.15, -0.1) is 0 Å². The van der Waals surface area contributed by atoms with Gasteiger partial charge in [0.1, 0.15) is 11.8 Å². The predicted molar refractivity (Wildman–Crippen MR) is 80.9 cm³/mol. The Bertz CT molecular complexity index is 644. The number of rotatable bonds is 4. The number of hydrogen-bond donors (Lipinski definition) is 1. The van der Waals surface area contributed by atoms with Gasteiger partial charge in [0.2, 0.25) is 0 Å². The number of para-hydroxylation sites is 2. The first-order chi connectivity index (χ1) is 9.65. The number of methoxy groups -OCH3 is 1. The van der Waals surface area contributed by atoms with E-state index in [-0.39, 0.29) is 0 Å². The molecular formula is C17H18N2O. The van der Waals surface area contributed by atoms with Crippen molar-refractivity contribution >= 4 is 5.69 Å². The molecule has 0 spiro atoms. The van der Waals surface area contributed by atoms with E-state index in [1.807, 2.05) is 50.2 Å². The standard InChI is InChI=1S/C17H18N2O/c1-12-8-9-14(13(2)10-12)16(11-18)19-15-6-4-5-7-17(15)20-3/h4-10,16,19H,1-3H3. The summed E-state index contributed by atoms with van der Waals surface area (Å²) in [4.78, 5) is 0. The molecule has 20 heavy (non-hydrogen) atoms. The Hall–Kier alpha value is -2.47. The maximum absolute atomic E-state index is 9.44. The fourth-order valence-electron chi connectivity index (χ4n) is 2.25. The van der Waals surface area contributed by atoms with E-state index in [9.17, 15) is 5.26 Å². The lowest BCUT2D eigenvalue weighted by Gasteiger charge is -2.17. The molecule has 0 radical (unpaired) electrons. The lowest BCUT2D eigenvalue weighted by molar-refractivity contribution is 0.416. The van der Waals surface area contributed by atoms with Gasteiger partial charge in [0, 0.05) is 0 Å². The molecule has 0 bridgehead atoms. The van der Waals surface area contributed by atoms with Crippen molar-refractivity contribution in [2.75, 3.05) is 12.4 Å². The minimum atomic E-state index is -0.396. The van der Waals surface area contributed by atoms with Gasteiger partial charge < -0.3 is 10.1 Å². The van der Waals surface area contributed by atoms with Crippen LogP contribution < -0.4 is 10.1 Å². The van der Waals surface area contributed by atoms with Crippen LogP contribution in [0.15, 0.2) is 42.5 Å². The third-order valence-electron chi connectivity index (χ3n) is 3.27. The van der Waals surface area contributed by atoms with E-state index in [4.69, 9.17) is 4.74 Å². The molecule has 0 amide bonds. The molecule has 1 atom stereocenters. The molecule has 0 aliphatic heterocycles. The van der Waals surface area contributed by atoms with E-state index in [0.29, 0.717) is 0 Å². The molecule has 1 unspecified atom stereocenters. The van der Waals surface area contributed by atoms with Crippen LogP contribution in [0.25, 0.3) is 0 Å². The van der Waals surface area contributed by atoms with Crippen molar-refractivity contribution in [2.45, 2.75) is 19.9 Å². The molecule has 2 aromatic rings. The number of nitrogens with one attached hydrogen (secondary N) is 1. The van der Waals surface area contributed by atoms with E-state index < -0.39 is 6.04 Å². The second kappa shape index (κ2) is 6.12. The summed E-state index contributed by atoms with van der Waals surface area (Å²) in [6, 6.07) is 15.6. The molecule has 1 N–H and O–H groups in total. The highest BCUT2D eigenvalue weighted by atomic mass is 16.5. The monoisotopic (exact) mass is 266 g/mol. The largest absolute Gasteiger partial charge is 0.495 e. The number of ether oxygens (including phenoxy) is 1. The van der Waals surface area contributed by atoms with Crippen LogP contribution in [0.4, 0.5) is 5.69 Å². The molecule has 0 aliphatic carbocycles. The average molecular weight is 266 g/mol. The van der Waals surface area contributed by atoms with Crippen molar-refractivity contribution in [3.05, 3.63) is 59.2 Å². The molecular weight excluding hydrogens is 248 g/mol. The lowest BCUT2D eigenvalue weighted by atomic mass is 10.00. The maximum Gasteiger partial charge on any atom is 0.141 e. The van der Waals surface area contributed by atoms with Crippen LogP contribution in [-0.4, -0.2) is 7.11 Å². The SMILES string of the molecule is COc1ccccc1NC(C#N)c1ccc(C)cc1C. The zero-order valence-electron chi connectivity index (χ0n) is 12.0. The third-order valence-corrected chi connectivity index (χ3v) is 3.27. The van der Waals surface area contributed by atoms with Gasteiger partial charge in [-0.25, -0.2) is 0 Å². The van der Waals surface area contributed by atoms with Crippen LogP contribution in [0, 0.1) is 25.2 Å². The highest BCUT2D eigenvalue weighted by molar-refractivity contribution is 5.58. The van der Waals surface area contributed by atoms with Crippen molar-refractivity contribution in [1.29, 1.82) is 5.26 Å². The van der Waals surface area contributed by atoms with E-state index in [2.05, 4.69) is 17.5 Å². The van der Waals surface area contributed by atoms with Crippen LogP contribution in [-0.2, 0) is 0 Å². The molecule has 0 aromatic heterocycles. The number of aryl methyl sites for hydroxylation is 2. The number of anilines is 1. The highest BCUT2D eigenvalue weighted by Crippen LogP contribution is 2.28. The molecule has 0 heterocycles. The average Bonchev–Trinajstić information content (AvgIpc) is 2.46. The summed E-state index contributed by atoms with van der Waals surface area (Å²) < 4.78 is 5.30. The number of nitrogens with zero attached hydrogens (tertiary/aromatic N) is 1. The summed E-state index contributed by atoms with van der Waals surface area (Å²) in [5, 5.41) is 12.7. The Labute approximate surface area is 119 Å². The molecule has 0 saturated heterocycles. The molecule has 2 aromatic carbocycles. The van der Waals surface area contributed by atoms with Gasteiger partial charge in [-0.1, -0.05) is 35.9 Å². The summed E-state index contributed by atoms with van der Waals surface area (Å²) in [6.45, 7) is 4.07. The van der Waals surface area contributed by atoms with Crippen molar-refractivity contribution in [1.82, 2.24) is 0 Å². The molecule has 102 valence electrons. The van der Waals surface area contributed by atoms with Crippen LogP contribution in [0.3, 0.4) is 0 Å². The topological polar surface area (TPSA) is 45.0 Å². The van der Waals surface area contributed by atoms with Gasteiger partial charge in [-0.3, -0.25) is 0 Å². The van der Waals surface area contributed by atoms with Gasteiger partial charge in [0.15, 0.2) is 0 Å². The minimum Gasteiger partial charge on any atom is -0.495 e. The van der Waals surface area contributed by atoms with E-state index in [1.54, 1.807) is 7.11 Å². The Morgan fingerprint density at radius 3 is 2.55 bits per heavy atom. The van der Waals surface area contributed by atoms with Crippen molar-refractivity contribution in [3.8, 4) is 11.8 Å². The number of hydrogen-bond acceptors (Lipinski definition) is 3. The zero-order valence-corrected chi connectivity index (χ0v) is 12.0.